The predicted molar refractivity (Wildman–Crippen MR) is 97.2 cm³/mol. The van der Waals surface area contributed by atoms with E-state index in [-0.39, 0.29) is 24.7 Å². The van der Waals surface area contributed by atoms with Gasteiger partial charge < -0.3 is 9.64 Å². The third-order valence-electron chi connectivity index (χ3n) is 3.37. The molecule has 7 heteroatoms. The number of esters is 1. The van der Waals surface area contributed by atoms with Gasteiger partial charge in [0, 0.05) is 18.5 Å². The Morgan fingerprint density at radius 1 is 1.33 bits per heavy atom. The Hall–Kier alpha value is -1.73. The van der Waals surface area contributed by atoms with Gasteiger partial charge in [0.2, 0.25) is 5.91 Å². The molecule has 0 atom stereocenters. The Morgan fingerprint density at radius 3 is 2.75 bits per heavy atom. The molecule has 130 valence electrons. The number of methoxy groups -OCH3 is 1. The first kappa shape index (κ1) is 18.6. The quantitative estimate of drug-likeness (QED) is 0.671. The summed E-state index contributed by atoms with van der Waals surface area (Å²) in [6.45, 7) is 5.11. The number of nitrogens with zero attached hydrogens (tertiary/aromatic N) is 2. The first-order chi connectivity index (χ1) is 11.5. The third kappa shape index (κ3) is 5.42. The van der Waals surface area contributed by atoms with Gasteiger partial charge in [0.05, 0.1) is 30.5 Å². The van der Waals surface area contributed by atoms with E-state index in [4.69, 9.17) is 0 Å². The summed E-state index contributed by atoms with van der Waals surface area (Å²) >= 11 is 3.19. The number of carbonyl (C=O) groups excluding carboxylic acids is 2. The SMILES string of the molecule is COC(=O)CCN(CC(C)C)C(=O)Cc1csc(-c2cccs2)n1. The largest absolute Gasteiger partial charge is 0.469 e. The number of hydrogen-bond acceptors (Lipinski definition) is 6. The van der Waals surface area contributed by atoms with Crippen LogP contribution in [-0.2, 0) is 20.7 Å². The van der Waals surface area contributed by atoms with Crippen LogP contribution in [0.15, 0.2) is 22.9 Å². The topological polar surface area (TPSA) is 59.5 Å². The second-order valence-electron chi connectivity index (χ2n) is 5.86. The predicted octanol–water partition coefficient (Wildman–Crippen LogP) is 3.46. The molecule has 2 aromatic heterocycles. The molecule has 0 aliphatic carbocycles. The molecule has 0 radical (unpaired) electrons. The molecule has 0 saturated heterocycles. The Kier molecular flexibility index (Phi) is 6.93. The Labute approximate surface area is 150 Å². The highest BCUT2D eigenvalue weighted by Crippen LogP contribution is 2.28. The second-order valence-corrected chi connectivity index (χ2v) is 7.66. The summed E-state index contributed by atoms with van der Waals surface area (Å²) < 4.78 is 4.66. The van der Waals surface area contributed by atoms with Crippen LogP contribution in [0.2, 0.25) is 0 Å². The van der Waals surface area contributed by atoms with E-state index in [1.807, 2.05) is 22.9 Å². The number of ether oxygens (including phenoxy) is 1. The number of hydrogen-bond donors (Lipinski definition) is 0. The molecule has 5 nitrogen and oxygen atoms in total. The van der Waals surface area contributed by atoms with Crippen molar-refractivity contribution in [1.82, 2.24) is 9.88 Å². The highest BCUT2D eigenvalue weighted by molar-refractivity contribution is 7.20. The molecule has 0 spiro atoms. The lowest BCUT2D eigenvalue weighted by Gasteiger charge is -2.24. The highest BCUT2D eigenvalue weighted by Gasteiger charge is 2.18. The first-order valence-corrected chi connectivity index (χ1v) is 9.58. The lowest BCUT2D eigenvalue weighted by molar-refractivity contribution is -0.141. The van der Waals surface area contributed by atoms with Crippen LogP contribution in [0.25, 0.3) is 9.88 Å². The minimum atomic E-state index is -0.301. The molecule has 0 aromatic carbocycles. The number of thiazole rings is 1. The molecule has 2 heterocycles. The summed E-state index contributed by atoms with van der Waals surface area (Å²) in [5.74, 6) is 0.0320. The van der Waals surface area contributed by atoms with Crippen molar-refractivity contribution in [3.05, 3.63) is 28.6 Å². The summed E-state index contributed by atoms with van der Waals surface area (Å²) in [6.07, 6.45) is 0.474. The molecule has 0 bridgehead atoms. The molecule has 24 heavy (non-hydrogen) atoms. The molecule has 0 unspecified atom stereocenters. The zero-order valence-corrected chi connectivity index (χ0v) is 15.8. The smallest absolute Gasteiger partial charge is 0.307 e. The van der Waals surface area contributed by atoms with Gasteiger partial charge in [0.1, 0.15) is 5.01 Å². The Bertz CT molecular complexity index is 665. The van der Waals surface area contributed by atoms with Gasteiger partial charge in [-0.25, -0.2) is 4.98 Å². The van der Waals surface area contributed by atoms with Crippen molar-refractivity contribution in [3.8, 4) is 9.88 Å². The summed E-state index contributed by atoms with van der Waals surface area (Å²) in [5, 5.41) is 4.89. The van der Waals surface area contributed by atoms with Crippen molar-refractivity contribution in [1.29, 1.82) is 0 Å². The Balaban J connectivity index is 1.99. The van der Waals surface area contributed by atoms with E-state index in [0.717, 1.165) is 15.6 Å². The van der Waals surface area contributed by atoms with Crippen LogP contribution < -0.4 is 0 Å². The fourth-order valence-corrected chi connectivity index (χ4v) is 3.89. The standard InChI is InChI=1S/C17H22N2O3S2/c1-12(2)10-19(7-6-16(21)22-3)15(20)9-13-11-24-17(18-13)14-5-4-8-23-14/h4-5,8,11-12H,6-7,9-10H2,1-3H3. The van der Waals surface area contributed by atoms with Crippen molar-refractivity contribution in [2.24, 2.45) is 5.92 Å². The van der Waals surface area contributed by atoms with E-state index >= 15 is 0 Å². The van der Waals surface area contributed by atoms with Gasteiger partial charge >= 0.3 is 5.97 Å². The molecule has 0 fully saturated rings. The van der Waals surface area contributed by atoms with Crippen LogP contribution in [0.1, 0.15) is 26.0 Å². The zero-order valence-electron chi connectivity index (χ0n) is 14.2. The van der Waals surface area contributed by atoms with E-state index in [1.165, 1.54) is 7.11 Å². The zero-order chi connectivity index (χ0) is 17.5. The molecule has 0 N–H and O–H groups in total. The van der Waals surface area contributed by atoms with Gasteiger partial charge in [-0.1, -0.05) is 19.9 Å². The molecule has 0 aliphatic rings. The van der Waals surface area contributed by atoms with E-state index in [2.05, 4.69) is 23.6 Å². The maximum absolute atomic E-state index is 12.6. The molecule has 1 amide bonds. The second kappa shape index (κ2) is 8.94. The monoisotopic (exact) mass is 366 g/mol. The van der Waals surface area contributed by atoms with Crippen LogP contribution in [0.4, 0.5) is 0 Å². The first-order valence-electron chi connectivity index (χ1n) is 7.82. The molecule has 2 aromatic rings. The van der Waals surface area contributed by atoms with Crippen molar-refractivity contribution in [3.63, 3.8) is 0 Å². The van der Waals surface area contributed by atoms with E-state index in [0.29, 0.717) is 19.0 Å². The van der Waals surface area contributed by atoms with E-state index in [9.17, 15) is 9.59 Å². The minimum Gasteiger partial charge on any atom is -0.469 e. The molecule has 0 aliphatic heterocycles. The van der Waals surface area contributed by atoms with Gasteiger partial charge in [-0.05, 0) is 17.4 Å². The van der Waals surface area contributed by atoms with Crippen LogP contribution in [0.3, 0.4) is 0 Å². The number of thiophene rings is 1. The normalized spacial score (nSPS) is 10.8. The average Bonchev–Trinajstić information content (AvgIpc) is 3.21. The lowest BCUT2D eigenvalue weighted by atomic mass is 10.2. The number of amides is 1. The van der Waals surface area contributed by atoms with Crippen molar-refractivity contribution >= 4 is 34.6 Å². The van der Waals surface area contributed by atoms with Crippen molar-refractivity contribution < 1.29 is 14.3 Å². The fraction of sp³-hybridized carbons (Fsp3) is 0.471. The van der Waals surface area contributed by atoms with Gasteiger partial charge in [-0.15, -0.1) is 22.7 Å². The van der Waals surface area contributed by atoms with Gasteiger partial charge in [0.25, 0.3) is 0 Å². The van der Waals surface area contributed by atoms with E-state index in [1.54, 1.807) is 27.6 Å². The average molecular weight is 367 g/mol. The van der Waals surface area contributed by atoms with Crippen LogP contribution >= 0.6 is 22.7 Å². The van der Waals surface area contributed by atoms with Gasteiger partial charge in [-0.3, -0.25) is 9.59 Å². The molecule has 2 rings (SSSR count). The molecule has 0 saturated carbocycles. The molecular weight excluding hydrogens is 344 g/mol. The van der Waals surface area contributed by atoms with Gasteiger partial charge in [0.15, 0.2) is 0 Å². The van der Waals surface area contributed by atoms with Crippen molar-refractivity contribution in [2.75, 3.05) is 20.2 Å². The summed E-state index contributed by atoms with van der Waals surface area (Å²) in [6, 6.07) is 4.01. The molecular formula is C17H22N2O3S2. The maximum Gasteiger partial charge on any atom is 0.307 e. The van der Waals surface area contributed by atoms with Crippen LogP contribution in [0.5, 0.6) is 0 Å². The fourth-order valence-electron chi connectivity index (χ4n) is 2.26. The number of rotatable bonds is 8. The van der Waals surface area contributed by atoms with Crippen LogP contribution in [-0.4, -0.2) is 42.0 Å². The minimum absolute atomic E-state index is 0.00404. The van der Waals surface area contributed by atoms with Crippen LogP contribution in [0, 0.1) is 5.92 Å². The summed E-state index contributed by atoms with van der Waals surface area (Å²) in [7, 11) is 1.36. The number of aromatic nitrogens is 1. The Morgan fingerprint density at radius 2 is 2.12 bits per heavy atom. The maximum atomic E-state index is 12.6. The third-order valence-corrected chi connectivity index (χ3v) is 5.30. The van der Waals surface area contributed by atoms with Crippen molar-refractivity contribution in [2.45, 2.75) is 26.7 Å². The summed E-state index contributed by atoms with van der Waals surface area (Å²) in [4.78, 5) is 31.3. The van der Waals surface area contributed by atoms with Gasteiger partial charge in [-0.2, -0.15) is 0 Å². The number of carbonyl (C=O) groups is 2. The summed E-state index contributed by atoms with van der Waals surface area (Å²) in [5.41, 5.74) is 0.778. The van der Waals surface area contributed by atoms with E-state index < -0.39 is 0 Å². The highest BCUT2D eigenvalue weighted by atomic mass is 32.1. The lowest BCUT2D eigenvalue weighted by Crippen LogP contribution is -2.37.